The average molecular weight is 288 g/mol. The Labute approximate surface area is 116 Å². The number of nitriles is 1. The molecular weight excluding hydrogens is 269 g/mol. The zero-order valence-electron chi connectivity index (χ0n) is 11.2. The number of carbonyl (C=O) groups excluding carboxylic acids is 1. The van der Waals surface area contributed by atoms with Crippen molar-refractivity contribution < 1.29 is 18.0 Å². The first-order chi connectivity index (χ1) is 9.43. The largest absolute Gasteiger partial charge is 0.392 e. The van der Waals surface area contributed by atoms with Crippen LogP contribution in [0.15, 0.2) is 0 Å². The van der Waals surface area contributed by atoms with Crippen LogP contribution in [-0.2, 0) is 4.79 Å². The van der Waals surface area contributed by atoms with E-state index in [1.54, 1.807) is 0 Å². The van der Waals surface area contributed by atoms with Crippen LogP contribution in [0.25, 0.3) is 0 Å². The van der Waals surface area contributed by atoms with Gasteiger partial charge < -0.3 is 5.32 Å². The second-order valence-electron chi connectivity index (χ2n) is 5.82. The van der Waals surface area contributed by atoms with Gasteiger partial charge in [0.2, 0.25) is 5.91 Å². The van der Waals surface area contributed by atoms with Crippen LogP contribution >= 0.6 is 0 Å². The van der Waals surface area contributed by atoms with Gasteiger partial charge in [-0.3, -0.25) is 4.79 Å². The minimum atomic E-state index is -4.31. The third kappa shape index (κ3) is 3.25. The summed E-state index contributed by atoms with van der Waals surface area (Å²) in [6, 6.07) is 1.85. The normalized spacial score (nSPS) is 34.5. The van der Waals surface area contributed by atoms with E-state index in [0.717, 1.165) is 12.8 Å². The summed E-state index contributed by atoms with van der Waals surface area (Å²) in [5.41, 5.74) is 0. The van der Waals surface area contributed by atoms with E-state index in [9.17, 15) is 18.0 Å². The molecule has 1 amide bonds. The minimum absolute atomic E-state index is 0.0356. The second-order valence-corrected chi connectivity index (χ2v) is 5.82. The summed E-state index contributed by atoms with van der Waals surface area (Å²) in [5.74, 6) is -3.28. The molecule has 2 saturated carbocycles. The van der Waals surface area contributed by atoms with Crippen molar-refractivity contribution in [1.82, 2.24) is 5.32 Å². The fourth-order valence-electron chi connectivity index (χ4n) is 3.41. The van der Waals surface area contributed by atoms with Crippen LogP contribution in [0.2, 0.25) is 0 Å². The lowest BCUT2D eigenvalue weighted by Gasteiger charge is -2.33. The summed E-state index contributed by atoms with van der Waals surface area (Å²) in [6.45, 7) is 0. The molecule has 0 spiro atoms. The van der Waals surface area contributed by atoms with Crippen molar-refractivity contribution in [1.29, 1.82) is 5.26 Å². The van der Waals surface area contributed by atoms with Gasteiger partial charge in [-0.25, -0.2) is 0 Å². The number of hydrogen-bond donors (Lipinski definition) is 1. The lowest BCUT2D eigenvalue weighted by Crippen LogP contribution is -2.46. The molecule has 0 bridgehead atoms. The van der Waals surface area contributed by atoms with Gasteiger partial charge in [0, 0.05) is 12.0 Å². The van der Waals surface area contributed by atoms with Gasteiger partial charge in [0.25, 0.3) is 0 Å². The third-order valence-electron chi connectivity index (χ3n) is 4.53. The highest BCUT2D eigenvalue weighted by atomic mass is 19.4. The maximum Gasteiger partial charge on any atom is 0.392 e. The SMILES string of the molecule is N#CC1CCCC1NC(=O)C1CCCCC1C(F)(F)F. The van der Waals surface area contributed by atoms with Crippen molar-refractivity contribution in [2.24, 2.45) is 17.8 Å². The van der Waals surface area contributed by atoms with E-state index < -0.39 is 23.9 Å². The highest BCUT2D eigenvalue weighted by molar-refractivity contribution is 5.79. The molecule has 20 heavy (non-hydrogen) atoms. The number of carbonyl (C=O) groups is 1. The van der Waals surface area contributed by atoms with Crippen LogP contribution in [0.4, 0.5) is 13.2 Å². The molecule has 3 nitrogen and oxygen atoms in total. The Hall–Kier alpha value is -1.25. The Morgan fingerprint density at radius 1 is 1.10 bits per heavy atom. The van der Waals surface area contributed by atoms with Gasteiger partial charge in [-0.15, -0.1) is 0 Å². The monoisotopic (exact) mass is 288 g/mol. The van der Waals surface area contributed by atoms with Gasteiger partial charge in [0.15, 0.2) is 0 Å². The summed E-state index contributed by atoms with van der Waals surface area (Å²) < 4.78 is 38.9. The number of hydrogen-bond acceptors (Lipinski definition) is 2. The molecule has 0 aliphatic heterocycles. The molecule has 2 rings (SSSR count). The topological polar surface area (TPSA) is 52.9 Å². The first kappa shape index (κ1) is 15.1. The third-order valence-corrected chi connectivity index (χ3v) is 4.53. The van der Waals surface area contributed by atoms with Crippen LogP contribution in [0.5, 0.6) is 0 Å². The molecular formula is C14H19F3N2O. The molecule has 0 heterocycles. The van der Waals surface area contributed by atoms with Gasteiger partial charge in [-0.05, 0) is 32.1 Å². The van der Waals surface area contributed by atoms with Crippen molar-refractivity contribution in [3.8, 4) is 6.07 Å². The smallest absolute Gasteiger partial charge is 0.352 e. The molecule has 1 N–H and O–H groups in total. The number of nitrogens with one attached hydrogen (secondary N) is 1. The first-order valence-corrected chi connectivity index (χ1v) is 7.20. The standard InChI is InChI=1S/C14H19F3N2O/c15-14(16,17)11-6-2-1-5-10(11)13(20)19-12-7-3-4-9(12)8-18/h9-12H,1-7H2,(H,19,20). The lowest BCUT2D eigenvalue weighted by molar-refractivity contribution is -0.198. The Kier molecular flexibility index (Phi) is 4.56. The van der Waals surface area contributed by atoms with Crippen LogP contribution in [-0.4, -0.2) is 18.1 Å². The zero-order valence-corrected chi connectivity index (χ0v) is 11.2. The van der Waals surface area contributed by atoms with E-state index in [1.165, 1.54) is 0 Å². The highest BCUT2D eigenvalue weighted by Crippen LogP contribution is 2.41. The Morgan fingerprint density at radius 2 is 1.80 bits per heavy atom. The summed E-state index contributed by atoms with van der Waals surface area (Å²) in [4.78, 5) is 12.2. The van der Waals surface area contributed by atoms with Crippen LogP contribution in [0.3, 0.4) is 0 Å². The Bertz CT molecular complexity index is 402. The Balaban J connectivity index is 2.01. The fraction of sp³-hybridized carbons (Fsp3) is 0.857. The number of alkyl halides is 3. The van der Waals surface area contributed by atoms with E-state index >= 15 is 0 Å². The minimum Gasteiger partial charge on any atom is -0.352 e. The van der Waals surface area contributed by atoms with Gasteiger partial charge in [-0.2, -0.15) is 18.4 Å². The van der Waals surface area contributed by atoms with Crippen molar-refractivity contribution >= 4 is 5.91 Å². The molecule has 0 aromatic rings. The number of amides is 1. The molecule has 0 aromatic heterocycles. The summed E-state index contributed by atoms with van der Waals surface area (Å²) >= 11 is 0. The van der Waals surface area contributed by atoms with Gasteiger partial charge in [0.1, 0.15) is 0 Å². The fourth-order valence-corrected chi connectivity index (χ4v) is 3.41. The summed E-state index contributed by atoms with van der Waals surface area (Å²) in [6.07, 6.45) is -0.547. The maximum absolute atomic E-state index is 13.0. The summed E-state index contributed by atoms with van der Waals surface area (Å²) in [5, 5.41) is 11.6. The number of halogens is 3. The zero-order chi connectivity index (χ0) is 14.8. The van der Waals surface area contributed by atoms with Crippen molar-refractivity contribution in [2.45, 2.75) is 57.2 Å². The molecule has 0 radical (unpaired) electrons. The molecule has 2 fully saturated rings. The average Bonchev–Trinajstić information content (AvgIpc) is 2.85. The lowest BCUT2D eigenvalue weighted by atomic mass is 9.78. The van der Waals surface area contributed by atoms with E-state index in [2.05, 4.69) is 11.4 Å². The van der Waals surface area contributed by atoms with E-state index in [4.69, 9.17) is 5.26 Å². The molecule has 0 saturated heterocycles. The van der Waals surface area contributed by atoms with Gasteiger partial charge >= 0.3 is 6.18 Å². The number of rotatable bonds is 2. The number of nitrogens with zero attached hydrogens (tertiary/aromatic N) is 1. The molecule has 4 atom stereocenters. The molecule has 2 aliphatic rings. The van der Waals surface area contributed by atoms with E-state index in [-0.39, 0.29) is 18.4 Å². The molecule has 0 aromatic carbocycles. The maximum atomic E-state index is 13.0. The molecule has 2 aliphatic carbocycles. The Morgan fingerprint density at radius 3 is 2.45 bits per heavy atom. The highest BCUT2D eigenvalue weighted by Gasteiger charge is 2.48. The van der Waals surface area contributed by atoms with Gasteiger partial charge in [0.05, 0.1) is 17.9 Å². The van der Waals surface area contributed by atoms with Crippen LogP contribution in [0.1, 0.15) is 44.9 Å². The second kappa shape index (κ2) is 6.02. The van der Waals surface area contributed by atoms with E-state index in [1.807, 2.05) is 0 Å². The first-order valence-electron chi connectivity index (χ1n) is 7.20. The van der Waals surface area contributed by atoms with Crippen molar-refractivity contribution in [3.63, 3.8) is 0 Å². The van der Waals surface area contributed by atoms with Crippen LogP contribution in [0, 0.1) is 29.1 Å². The van der Waals surface area contributed by atoms with Crippen LogP contribution < -0.4 is 5.32 Å². The quantitative estimate of drug-likeness (QED) is 0.848. The van der Waals surface area contributed by atoms with Gasteiger partial charge in [-0.1, -0.05) is 12.8 Å². The predicted molar refractivity (Wildman–Crippen MR) is 66.4 cm³/mol. The molecule has 4 unspecified atom stereocenters. The van der Waals surface area contributed by atoms with Crippen molar-refractivity contribution in [2.75, 3.05) is 0 Å². The van der Waals surface area contributed by atoms with E-state index in [0.29, 0.717) is 25.7 Å². The predicted octanol–water partition coefficient (Wildman–Crippen LogP) is 3.16. The van der Waals surface area contributed by atoms with Crippen molar-refractivity contribution in [3.05, 3.63) is 0 Å². The molecule has 6 heteroatoms. The molecule has 112 valence electrons. The summed E-state index contributed by atoms with van der Waals surface area (Å²) in [7, 11) is 0.